The van der Waals surface area contributed by atoms with Gasteiger partial charge in [0, 0.05) is 6.54 Å². The highest BCUT2D eigenvalue weighted by Gasteiger charge is 2.23. The van der Waals surface area contributed by atoms with Crippen LogP contribution in [-0.2, 0) is 6.54 Å². The Balaban J connectivity index is 0.00000161. The zero-order valence-electron chi connectivity index (χ0n) is 12.1. The molecule has 1 aromatic heterocycles. The molecule has 1 aliphatic rings. The van der Waals surface area contributed by atoms with E-state index in [2.05, 4.69) is 25.7 Å². The van der Waals surface area contributed by atoms with E-state index in [1.807, 2.05) is 42.1 Å². The fraction of sp³-hybridized carbons (Fsp3) is 0.500. The van der Waals surface area contributed by atoms with Gasteiger partial charge in [0.05, 0.1) is 12.2 Å². The lowest BCUT2D eigenvalue weighted by Gasteiger charge is -2.15. The standard InChI is InChI=1S/C14H20N6.ClH/c1-15-9-12-7-8-19(10-12)11-14-16-17-18-20(14)13-5-3-2-4-6-13;/h2-6,12,15H,7-11H2,1H3;1H. The van der Waals surface area contributed by atoms with Crippen molar-refractivity contribution in [1.82, 2.24) is 30.4 Å². The van der Waals surface area contributed by atoms with Crippen LogP contribution in [0.5, 0.6) is 0 Å². The molecule has 2 heterocycles. The molecule has 2 aromatic rings. The molecule has 1 atom stereocenters. The molecule has 1 fully saturated rings. The van der Waals surface area contributed by atoms with Crippen LogP contribution in [0.1, 0.15) is 12.2 Å². The third-order valence-corrected chi connectivity index (χ3v) is 3.76. The number of halogens is 1. The molecule has 6 nitrogen and oxygen atoms in total. The Morgan fingerprint density at radius 3 is 2.86 bits per heavy atom. The van der Waals surface area contributed by atoms with Gasteiger partial charge in [0.25, 0.3) is 0 Å². The summed E-state index contributed by atoms with van der Waals surface area (Å²) in [6.07, 6.45) is 1.24. The molecule has 3 rings (SSSR count). The number of nitrogens with one attached hydrogen (secondary N) is 1. The third-order valence-electron chi connectivity index (χ3n) is 3.76. The number of nitrogens with zero attached hydrogens (tertiary/aromatic N) is 5. The number of hydrogen-bond acceptors (Lipinski definition) is 5. The topological polar surface area (TPSA) is 58.9 Å². The molecular weight excluding hydrogens is 288 g/mol. The van der Waals surface area contributed by atoms with Gasteiger partial charge in [-0.25, -0.2) is 0 Å². The Morgan fingerprint density at radius 1 is 1.29 bits per heavy atom. The maximum Gasteiger partial charge on any atom is 0.170 e. The summed E-state index contributed by atoms with van der Waals surface area (Å²) < 4.78 is 1.82. The van der Waals surface area contributed by atoms with Gasteiger partial charge in [-0.15, -0.1) is 17.5 Å². The van der Waals surface area contributed by atoms with E-state index >= 15 is 0 Å². The van der Waals surface area contributed by atoms with E-state index in [-0.39, 0.29) is 12.4 Å². The number of aromatic nitrogens is 4. The van der Waals surface area contributed by atoms with Gasteiger partial charge in [-0.2, -0.15) is 4.68 Å². The van der Waals surface area contributed by atoms with Gasteiger partial charge in [-0.3, -0.25) is 4.90 Å². The minimum atomic E-state index is 0. The van der Waals surface area contributed by atoms with E-state index in [9.17, 15) is 0 Å². The molecule has 1 unspecified atom stereocenters. The molecule has 1 N–H and O–H groups in total. The highest BCUT2D eigenvalue weighted by Crippen LogP contribution is 2.18. The van der Waals surface area contributed by atoms with E-state index < -0.39 is 0 Å². The number of para-hydroxylation sites is 1. The van der Waals surface area contributed by atoms with E-state index in [4.69, 9.17) is 0 Å². The van der Waals surface area contributed by atoms with E-state index in [0.717, 1.165) is 43.6 Å². The molecular formula is C14H21ClN6. The fourth-order valence-electron chi connectivity index (χ4n) is 2.79. The maximum atomic E-state index is 4.17. The van der Waals surface area contributed by atoms with Crippen molar-refractivity contribution in [1.29, 1.82) is 0 Å². The monoisotopic (exact) mass is 308 g/mol. The van der Waals surface area contributed by atoms with Gasteiger partial charge in [0.2, 0.25) is 0 Å². The van der Waals surface area contributed by atoms with Crippen LogP contribution in [0.2, 0.25) is 0 Å². The highest BCUT2D eigenvalue weighted by molar-refractivity contribution is 5.85. The lowest BCUT2D eigenvalue weighted by atomic mass is 10.1. The summed E-state index contributed by atoms with van der Waals surface area (Å²) in [5.74, 6) is 1.64. The molecule has 1 saturated heterocycles. The average Bonchev–Trinajstić information content (AvgIpc) is 3.10. The second kappa shape index (κ2) is 7.49. The smallest absolute Gasteiger partial charge is 0.170 e. The van der Waals surface area contributed by atoms with Crippen molar-refractivity contribution in [2.24, 2.45) is 5.92 Å². The second-order valence-electron chi connectivity index (χ2n) is 5.29. The van der Waals surface area contributed by atoms with Gasteiger partial charge in [-0.1, -0.05) is 18.2 Å². The largest absolute Gasteiger partial charge is 0.319 e. The van der Waals surface area contributed by atoms with E-state index in [1.54, 1.807) is 0 Å². The molecule has 21 heavy (non-hydrogen) atoms. The molecule has 7 heteroatoms. The molecule has 0 aliphatic carbocycles. The summed E-state index contributed by atoms with van der Waals surface area (Å²) in [5.41, 5.74) is 1.01. The molecule has 1 aliphatic heterocycles. The van der Waals surface area contributed by atoms with Gasteiger partial charge in [0.15, 0.2) is 5.82 Å². The van der Waals surface area contributed by atoms with Crippen LogP contribution in [-0.4, -0.2) is 51.8 Å². The van der Waals surface area contributed by atoms with Crippen molar-refractivity contribution in [3.63, 3.8) is 0 Å². The molecule has 1 aromatic carbocycles. The maximum absolute atomic E-state index is 4.17. The second-order valence-corrected chi connectivity index (χ2v) is 5.29. The fourth-order valence-corrected chi connectivity index (χ4v) is 2.79. The summed E-state index contributed by atoms with van der Waals surface area (Å²) in [6.45, 7) is 4.12. The van der Waals surface area contributed by atoms with Gasteiger partial charge in [0.1, 0.15) is 0 Å². The van der Waals surface area contributed by atoms with Crippen LogP contribution in [0, 0.1) is 5.92 Å². The van der Waals surface area contributed by atoms with Crippen molar-refractivity contribution in [3.8, 4) is 5.69 Å². The molecule has 0 spiro atoms. The van der Waals surface area contributed by atoms with Crippen molar-refractivity contribution in [2.75, 3.05) is 26.7 Å². The predicted molar refractivity (Wildman–Crippen MR) is 83.7 cm³/mol. The van der Waals surface area contributed by atoms with Crippen LogP contribution >= 0.6 is 12.4 Å². The van der Waals surface area contributed by atoms with Crippen molar-refractivity contribution >= 4 is 12.4 Å². The van der Waals surface area contributed by atoms with Crippen molar-refractivity contribution < 1.29 is 0 Å². The third kappa shape index (κ3) is 3.78. The quantitative estimate of drug-likeness (QED) is 0.897. The SMILES string of the molecule is CNCC1CCN(Cc2nnnn2-c2ccccc2)C1.Cl. The number of benzene rings is 1. The lowest BCUT2D eigenvalue weighted by Crippen LogP contribution is -2.25. The summed E-state index contributed by atoms with van der Waals surface area (Å²) >= 11 is 0. The van der Waals surface area contributed by atoms with Gasteiger partial charge in [-0.05, 0) is 55.0 Å². The first-order valence-electron chi connectivity index (χ1n) is 7.06. The molecule has 0 saturated carbocycles. The Morgan fingerprint density at radius 2 is 2.10 bits per heavy atom. The number of likely N-dealkylation sites (tertiary alicyclic amines) is 1. The van der Waals surface area contributed by atoms with Gasteiger partial charge < -0.3 is 5.32 Å². The van der Waals surface area contributed by atoms with Crippen LogP contribution in [0.3, 0.4) is 0 Å². The van der Waals surface area contributed by atoms with Crippen LogP contribution in [0.4, 0.5) is 0 Å². The van der Waals surface area contributed by atoms with Crippen molar-refractivity contribution in [2.45, 2.75) is 13.0 Å². The van der Waals surface area contributed by atoms with Crippen molar-refractivity contribution in [3.05, 3.63) is 36.2 Å². The summed E-state index contributed by atoms with van der Waals surface area (Å²) in [4.78, 5) is 2.42. The average molecular weight is 309 g/mol. The molecule has 0 bridgehead atoms. The minimum absolute atomic E-state index is 0. The lowest BCUT2D eigenvalue weighted by molar-refractivity contribution is 0.304. The first-order valence-corrected chi connectivity index (χ1v) is 7.06. The minimum Gasteiger partial charge on any atom is -0.319 e. The number of hydrogen-bond donors (Lipinski definition) is 1. The molecule has 114 valence electrons. The first-order chi connectivity index (χ1) is 9.86. The van der Waals surface area contributed by atoms with E-state index in [1.165, 1.54) is 6.42 Å². The normalized spacial score (nSPS) is 18.6. The Hall–Kier alpha value is -1.50. The van der Waals surface area contributed by atoms with Crippen LogP contribution in [0.15, 0.2) is 30.3 Å². The van der Waals surface area contributed by atoms with Crippen LogP contribution < -0.4 is 5.32 Å². The first kappa shape index (κ1) is 15.9. The molecule has 0 amide bonds. The van der Waals surface area contributed by atoms with Gasteiger partial charge >= 0.3 is 0 Å². The Labute approximate surface area is 130 Å². The predicted octanol–water partition coefficient (Wildman–Crippen LogP) is 1.13. The Kier molecular flexibility index (Phi) is 5.67. The number of tetrazole rings is 1. The van der Waals surface area contributed by atoms with Crippen LogP contribution in [0.25, 0.3) is 5.69 Å². The zero-order valence-corrected chi connectivity index (χ0v) is 13.0. The van der Waals surface area contributed by atoms with E-state index in [0.29, 0.717) is 0 Å². The highest BCUT2D eigenvalue weighted by atomic mass is 35.5. The summed E-state index contributed by atoms with van der Waals surface area (Å²) in [5, 5.41) is 15.3. The zero-order chi connectivity index (χ0) is 13.8. The number of rotatable bonds is 5. The molecule has 0 radical (unpaired) electrons. The Bertz CT molecular complexity index is 543. The summed E-state index contributed by atoms with van der Waals surface area (Å²) in [6, 6.07) is 10.0. The summed E-state index contributed by atoms with van der Waals surface area (Å²) in [7, 11) is 2.01.